The van der Waals surface area contributed by atoms with Crippen LogP contribution in [0.15, 0.2) is 42.7 Å². The summed E-state index contributed by atoms with van der Waals surface area (Å²) >= 11 is 0. The summed E-state index contributed by atoms with van der Waals surface area (Å²) in [5.74, 6) is 0.239. The lowest BCUT2D eigenvalue weighted by Crippen LogP contribution is -2.38. The van der Waals surface area contributed by atoms with E-state index in [2.05, 4.69) is 30.7 Å². The first kappa shape index (κ1) is 20.2. The molecule has 0 saturated carbocycles. The predicted molar refractivity (Wildman–Crippen MR) is 111 cm³/mol. The van der Waals surface area contributed by atoms with E-state index in [0.29, 0.717) is 35.5 Å². The third-order valence-corrected chi connectivity index (χ3v) is 5.34. The number of aromatic nitrogens is 5. The molecule has 2 N–H and O–H groups in total. The minimum Gasteiger partial charge on any atom is -0.354 e. The summed E-state index contributed by atoms with van der Waals surface area (Å²) in [6.07, 6.45) is -0.109. The fourth-order valence-electron chi connectivity index (χ4n) is 3.72. The van der Waals surface area contributed by atoms with Gasteiger partial charge in [-0.15, -0.1) is 5.10 Å². The molecular formula is C21H18F3N7O. The van der Waals surface area contributed by atoms with E-state index in [0.717, 1.165) is 25.1 Å². The van der Waals surface area contributed by atoms with Crippen molar-refractivity contribution < 1.29 is 18.0 Å². The first-order valence-corrected chi connectivity index (χ1v) is 10.1. The van der Waals surface area contributed by atoms with Gasteiger partial charge in [0.1, 0.15) is 6.04 Å². The molecular weight excluding hydrogens is 423 g/mol. The van der Waals surface area contributed by atoms with Crippen molar-refractivity contribution >= 4 is 28.4 Å². The molecule has 1 saturated heterocycles. The number of nitrogens with zero attached hydrogens (tertiary/aromatic N) is 5. The molecule has 3 aromatic heterocycles. The lowest BCUT2D eigenvalue weighted by Gasteiger charge is -2.16. The molecule has 0 spiro atoms. The molecule has 0 unspecified atom stereocenters. The molecule has 4 aromatic rings. The van der Waals surface area contributed by atoms with Crippen LogP contribution in [0.5, 0.6) is 0 Å². The van der Waals surface area contributed by atoms with Gasteiger partial charge in [-0.05, 0) is 37.5 Å². The van der Waals surface area contributed by atoms with Crippen LogP contribution in [0, 0.1) is 0 Å². The molecule has 1 aromatic carbocycles. The molecule has 4 heterocycles. The smallest absolute Gasteiger partial charge is 0.354 e. The Hall–Kier alpha value is -3.76. The maximum absolute atomic E-state index is 13.1. The van der Waals surface area contributed by atoms with Crippen molar-refractivity contribution in [2.24, 2.45) is 0 Å². The van der Waals surface area contributed by atoms with Gasteiger partial charge < -0.3 is 10.6 Å². The van der Waals surface area contributed by atoms with Crippen LogP contribution in [-0.2, 0) is 11.0 Å². The van der Waals surface area contributed by atoms with Gasteiger partial charge in [-0.1, -0.05) is 12.1 Å². The van der Waals surface area contributed by atoms with Gasteiger partial charge in [0.25, 0.3) is 0 Å². The Morgan fingerprint density at radius 3 is 2.81 bits per heavy atom. The molecule has 11 heteroatoms. The number of halogens is 3. The maximum atomic E-state index is 13.1. The lowest BCUT2D eigenvalue weighted by atomic mass is 10.1. The molecule has 0 radical (unpaired) electrons. The zero-order valence-corrected chi connectivity index (χ0v) is 16.7. The highest BCUT2D eigenvalue weighted by Gasteiger charge is 2.31. The number of nitrogens with one attached hydrogen (secondary N) is 2. The molecule has 1 aliphatic heterocycles. The fraction of sp³-hybridized carbons (Fsp3) is 0.286. The van der Waals surface area contributed by atoms with Gasteiger partial charge in [0.2, 0.25) is 11.9 Å². The van der Waals surface area contributed by atoms with Crippen LogP contribution < -0.4 is 10.6 Å². The third-order valence-electron chi connectivity index (χ3n) is 5.34. The van der Waals surface area contributed by atoms with Gasteiger partial charge in [-0.25, -0.2) is 9.97 Å². The quantitative estimate of drug-likeness (QED) is 0.506. The number of benzene rings is 1. The summed E-state index contributed by atoms with van der Waals surface area (Å²) in [4.78, 5) is 25.2. The number of pyridine rings is 1. The standard InChI is InChI=1S/C21H18F3N7O/c22-21(23,24)13-9-12(10-25-11-13)17-29-18-14-5-1-2-6-15(14)27-20(31(18)30-17)28-16-7-3-4-8-26-19(16)32/h1-2,5-6,9-11,16H,3-4,7-8H2,(H,26,32)(H,27,28)/t16-/m1/s1. The topological polar surface area (TPSA) is 97.1 Å². The Kier molecular flexibility index (Phi) is 4.87. The van der Waals surface area contributed by atoms with E-state index in [9.17, 15) is 18.0 Å². The molecule has 1 amide bonds. The Morgan fingerprint density at radius 1 is 1.12 bits per heavy atom. The molecule has 164 valence electrons. The van der Waals surface area contributed by atoms with Crippen LogP contribution in [0.4, 0.5) is 19.1 Å². The largest absolute Gasteiger partial charge is 0.417 e. The van der Waals surface area contributed by atoms with Crippen molar-refractivity contribution in [1.29, 1.82) is 0 Å². The molecule has 5 rings (SSSR count). The minimum atomic E-state index is -4.53. The number of carbonyl (C=O) groups is 1. The van der Waals surface area contributed by atoms with E-state index in [4.69, 9.17) is 0 Å². The van der Waals surface area contributed by atoms with Gasteiger partial charge >= 0.3 is 6.18 Å². The van der Waals surface area contributed by atoms with Crippen molar-refractivity contribution in [2.75, 3.05) is 11.9 Å². The Balaban J connectivity index is 1.65. The van der Waals surface area contributed by atoms with E-state index in [1.165, 1.54) is 10.7 Å². The van der Waals surface area contributed by atoms with E-state index in [1.54, 1.807) is 6.07 Å². The molecule has 1 fully saturated rings. The summed E-state index contributed by atoms with van der Waals surface area (Å²) in [6.45, 7) is 0.619. The van der Waals surface area contributed by atoms with Gasteiger partial charge in [-0.2, -0.15) is 17.7 Å². The minimum absolute atomic E-state index is 0.0788. The third kappa shape index (κ3) is 3.70. The zero-order chi connectivity index (χ0) is 22.3. The van der Waals surface area contributed by atoms with Gasteiger partial charge in [-0.3, -0.25) is 9.78 Å². The van der Waals surface area contributed by atoms with Gasteiger partial charge in [0.05, 0.1) is 11.1 Å². The summed E-state index contributed by atoms with van der Waals surface area (Å²) in [5.41, 5.74) is 0.285. The summed E-state index contributed by atoms with van der Waals surface area (Å²) < 4.78 is 40.9. The van der Waals surface area contributed by atoms with E-state index in [1.807, 2.05) is 18.2 Å². The highest BCUT2D eigenvalue weighted by atomic mass is 19.4. The van der Waals surface area contributed by atoms with Crippen molar-refractivity contribution in [3.63, 3.8) is 0 Å². The van der Waals surface area contributed by atoms with Gasteiger partial charge in [0, 0.05) is 29.9 Å². The highest BCUT2D eigenvalue weighted by molar-refractivity contribution is 5.93. The Morgan fingerprint density at radius 2 is 1.97 bits per heavy atom. The second-order valence-electron chi connectivity index (χ2n) is 7.57. The van der Waals surface area contributed by atoms with Crippen molar-refractivity contribution in [3.05, 3.63) is 48.3 Å². The van der Waals surface area contributed by atoms with Crippen LogP contribution >= 0.6 is 0 Å². The average Bonchev–Trinajstić information content (AvgIpc) is 3.14. The fourth-order valence-corrected chi connectivity index (χ4v) is 3.72. The first-order chi connectivity index (χ1) is 15.4. The van der Waals surface area contributed by atoms with Crippen LogP contribution in [0.1, 0.15) is 24.8 Å². The number of amides is 1. The number of para-hydroxylation sites is 1. The van der Waals surface area contributed by atoms with Crippen molar-refractivity contribution in [3.8, 4) is 11.4 Å². The number of fused-ring (bicyclic) bond motifs is 3. The monoisotopic (exact) mass is 441 g/mol. The van der Waals surface area contributed by atoms with Crippen LogP contribution in [-0.4, -0.2) is 43.1 Å². The number of anilines is 1. The summed E-state index contributed by atoms with van der Waals surface area (Å²) in [5, 5.41) is 11.1. The predicted octanol–water partition coefficient (Wildman–Crippen LogP) is 3.44. The summed E-state index contributed by atoms with van der Waals surface area (Å²) in [6, 6.07) is 7.70. The zero-order valence-electron chi connectivity index (χ0n) is 16.7. The molecule has 1 aliphatic rings. The number of hydrogen-bond acceptors (Lipinski definition) is 6. The van der Waals surface area contributed by atoms with Gasteiger partial charge in [0.15, 0.2) is 11.5 Å². The van der Waals surface area contributed by atoms with Crippen molar-refractivity contribution in [2.45, 2.75) is 31.5 Å². The van der Waals surface area contributed by atoms with Crippen LogP contribution in [0.25, 0.3) is 27.9 Å². The van der Waals surface area contributed by atoms with Crippen molar-refractivity contribution in [1.82, 2.24) is 29.9 Å². The second-order valence-corrected chi connectivity index (χ2v) is 7.57. The Labute approximate surface area is 179 Å². The second kappa shape index (κ2) is 7.74. The van der Waals surface area contributed by atoms with E-state index < -0.39 is 17.8 Å². The Bertz CT molecular complexity index is 1320. The lowest BCUT2D eigenvalue weighted by molar-refractivity contribution is -0.137. The molecule has 0 bridgehead atoms. The molecule has 32 heavy (non-hydrogen) atoms. The normalized spacial score (nSPS) is 17.3. The molecule has 0 aliphatic carbocycles. The average molecular weight is 441 g/mol. The SMILES string of the molecule is O=C1NCCCC[C@H]1Nc1nc2ccccc2c2nc(-c3cncc(C(F)(F)F)c3)nn12. The first-order valence-electron chi connectivity index (χ1n) is 10.1. The van der Waals surface area contributed by atoms with E-state index >= 15 is 0 Å². The number of hydrogen-bond donors (Lipinski definition) is 2. The molecule has 8 nitrogen and oxygen atoms in total. The van der Waals surface area contributed by atoms with Crippen LogP contribution in [0.3, 0.4) is 0 Å². The van der Waals surface area contributed by atoms with E-state index in [-0.39, 0.29) is 17.3 Å². The number of alkyl halides is 3. The number of carbonyl (C=O) groups excluding carboxylic acids is 1. The van der Waals surface area contributed by atoms with Crippen LogP contribution in [0.2, 0.25) is 0 Å². The molecule has 1 atom stereocenters. The number of rotatable bonds is 3. The maximum Gasteiger partial charge on any atom is 0.417 e. The summed E-state index contributed by atoms with van der Waals surface area (Å²) in [7, 11) is 0. The highest BCUT2D eigenvalue weighted by Crippen LogP contribution is 2.31.